The van der Waals surface area contributed by atoms with E-state index in [9.17, 15) is 4.39 Å². The van der Waals surface area contributed by atoms with Crippen LogP contribution in [0.4, 0.5) is 4.39 Å². The van der Waals surface area contributed by atoms with Crippen molar-refractivity contribution in [2.75, 3.05) is 47.4 Å². The lowest BCUT2D eigenvalue weighted by molar-refractivity contribution is 0.180. The molecule has 0 spiro atoms. The highest BCUT2D eigenvalue weighted by atomic mass is 35.5. The minimum absolute atomic E-state index is 0.130. The molecular weight excluding hydrogens is 319 g/mol. The Kier molecular flexibility index (Phi) is 9.59. The van der Waals surface area contributed by atoms with Gasteiger partial charge in [0, 0.05) is 46.9 Å². The molecule has 0 aliphatic carbocycles. The number of hydrogen-bond donors (Lipinski definition) is 2. The van der Waals surface area contributed by atoms with E-state index in [4.69, 9.17) is 16.3 Å². The highest BCUT2D eigenvalue weighted by Crippen LogP contribution is 2.15. The van der Waals surface area contributed by atoms with E-state index in [1.54, 1.807) is 26.3 Å². The van der Waals surface area contributed by atoms with Gasteiger partial charge in [0.2, 0.25) is 0 Å². The fraction of sp³-hybridized carbons (Fsp3) is 0.562. The maximum Gasteiger partial charge on any atom is 0.191 e. The van der Waals surface area contributed by atoms with Gasteiger partial charge in [-0.3, -0.25) is 4.99 Å². The number of methoxy groups -OCH3 is 1. The van der Waals surface area contributed by atoms with Gasteiger partial charge in [0.1, 0.15) is 5.82 Å². The van der Waals surface area contributed by atoms with E-state index in [-0.39, 0.29) is 5.02 Å². The molecule has 0 aliphatic heterocycles. The molecule has 0 unspecified atom stereocenters. The van der Waals surface area contributed by atoms with Gasteiger partial charge in [-0.25, -0.2) is 4.39 Å². The van der Waals surface area contributed by atoms with Crippen LogP contribution < -0.4 is 10.6 Å². The number of nitrogens with one attached hydrogen (secondary N) is 2. The van der Waals surface area contributed by atoms with Crippen molar-refractivity contribution in [2.45, 2.75) is 13.0 Å². The summed E-state index contributed by atoms with van der Waals surface area (Å²) in [6.07, 6.45) is 1.02. The second-order valence-electron chi connectivity index (χ2n) is 5.25. The average molecular weight is 345 g/mol. The van der Waals surface area contributed by atoms with Gasteiger partial charge in [-0.2, -0.15) is 0 Å². The third kappa shape index (κ3) is 8.16. The molecular formula is C16H26ClFN4O. The number of halogens is 2. The van der Waals surface area contributed by atoms with Crippen molar-refractivity contribution in [3.05, 3.63) is 34.6 Å². The molecule has 0 aromatic heterocycles. The minimum Gasteiger partial charge on any atom is -0.385 e. The third-order valence-electron chi connectivity index (χ3n) is 3.34. The lowest BCUT2D eigenvalue weighted by atomic mass is 10.2. The Hall–Kier alpha value is -1.37. The van der Waals surface area contributed by atoms with Crippen LogP contribution in [0.1, 0.15) is 12.0 Å². The molecule has 2 N–H and O–H groups in total. The van der Waals surface area contributed by atoms with Crippen molar-refractivity contribution in [3.8, 4) is 0 Å². The van der Waals surface area contributed by atoms with Crippen LogP contribution in [0.3, 0.4) is 0 Å². The predicted molar refractivity (Wildman–Crippen MR) is 93.6 cm³/mol. The summed E-state index contributed by atoms with van der Waals surface area (Å²) in [5.74, 6) is 0.296. The summed E-state index contributed by atoms with van der Waals surface area (Å²) in [7, 11) is 5.51. The molecule has 0 aliphatic rings. The molecule has 0 saturated carbocycles. The molecule has 130 valence electrons. The zero-order valence-corrected chi connectivity index (χ0v) is 14.8. The quantitative estimate of drug-likeness (QED) is 0.409. The molecule has 0 radical (unpaired) electrons. The summed E-state index contributed by atoms with van der Waals surface area (Å²) in [6.45, 7) is 4.00. The van der Waals surface area contributed by atoms with E-state index in [1.165, 1.54) is 6.07 Å². The van der Waals surface area contributed by atoms with Crippen molar-refractivity contribution >= 4 is 17.6 Å². The first-order valence-corrected chi connectivity index (χ1v) is 8.00. The number of rotatable bonds is 9. The third-order valence-corrected chi connectivity index (χ3v) is 3.63. The first-order valence-electron chi connectivity index (χ1n) is 7.62. The summed E-state index contributed by atoms with van der Waals surface area (Å²) in [4.78, 5) is 6.40. The van der Waals surface area contributed by atoms with Crippen molar-refractivity contribution < 1.29 is 9.13 Å². The van der Waals surface area contributed by atoms with Crippen LogP contribution in [-0.2, 0) is 11.3 Å². The Morgan fingerprint density at radius 3 is 2.78 bits per heavy atom. The largest absolute Gasteiger partial charge is 0.385 e. The summed E-state index contributed by atoms with van der Waals surface area (Å²) in [5, 5.41) is 6.55. The van der Waals surface area contributed by atoms with Gasteiger partial charge in [0.25, 0.3) is 0 Å². The van der Waals surface area contributed by atoms with Crippen LogP contribution in [0.15, 0.2) is 23.2 Å². The van der Waals surface area contributed by atoms with E-state index < -0.39 is 5.82 Å². The normalized spacial score (nSPS) is 11.8. The number of hydrogen-bond acceptors (Lipinski definition) is 3. The SMILES string of the molecule is CN=C(NCCN(C)CCCOC)NCc1ccc(F)c(Cl)c1. The molecule has 7 heteroatoms. The van der Waals surface area contributed by atoms with E-state index in [0.717, 1.165) is 38.2 Å². The number of benzene rings is 1. The van der Waals surface area contributed by atoms with Crippen molar-refractivity contribution in [2.24, 2.45) is 4.99 Å². The fourth-order valence-corrected chi connectivity index (χ4v) is 2.21. The van der Waals surface area contributed by atoms with Gasteiger partial charge >= 0.3 is 0 Å². The van der Waals surface area contributed by atoms with E-state index in [1.807, 2.05) is 0 Å². The molecule has 1 rings (SSSR count). The van der Waals surface area contributed by atoms with Crippen LogP contribution in [0.25, 0.3) is 0 Å². The topological polar surface area (TPSA) is 48.9 Å². The van der Waals surface area contributed by atoms with Crippen molar-refractivity contribution in [1.29, 1.82) is 0 Å². The first kappa shape index (κ1) is 19.7. The number of aliphatic imine (C=N–C) groups is 1. The van der Waals surface area contributed by atoms with Gasteiger partial charge in [-0.1, -0.05) is 17.7 Å². The number of ether oxygens (including phenoxy) is 1. The molecule has 23 heavy (non-hydrogen) atoms. The fourth-order valence-electron chi connectivity index (χ4n) is 2.01. The standard InChI is InChI=1S/C16H26ClFN4O/c1-19-16(20-7-9-22(2)8-4-10-23-3)21-12-13-5-6-15(18)14(17)11-13/h5-6,11H,4,7-10,12H2,1-3H3,(H2,19,20,21). The molecule has 0 saturated heterocycles. The Morgan fingerprint density at radius 2 is 2.13 bits per heavy atom. The molecule has 0 fully saturated rings. The highest BCUT2D eigenvalue weighted by molar-refractivity contribution is 6.30. The lowest BCUT2D eigenvalue weighted by Gasteiger charge is -2.18. The molecule has 5 nitrogen and oxygen atoms in total. The molecule has 0 amide bonds. The average Bonchev–Trinajstić information content (AvgIpc) is 2.54. The molecule has 1 aromatic carbocycles. The number of nitrogens with zero attached hydrogens (tertiary/aromatic N) is 2. The zero-order chi connectivity index (χ0) is 17.1. The van der Waals surface area contributed by atoms with Crippen LogP contribution in [-0.4, -0.2) is 58.3 Å². The van der Waals surface area contributed by atoms with Gasteiger partial charge in [0.15, 0.2) is 5.96 Å². The van der Waals surface area contributed by atoms with E-state index in [0.29, 0.717) is 12.5 Å². The maximum atomic E-state index is 13.1. The molecule has 1 aromatic rings. The van der Waals surface area contributed by atoms with Crippen LogP contribution in [0.5, 0.6) is 0 Å². The number of likely N-dealkylation sites (N-methyl/N-ethyl adjacent to an activating group) is 1. The maximum absolute atomic E-state index is 13.1. The summed E-state index contributed by atoms with van der Waals surface area (Å²) >= 11 is 5.77. The van der Waals surface area contributed by atoms with Gasteiger partial charge < -0.3 is 20.3 Å². The van der Waals surface area contributed by atoms with Crippen molar-refractivity contribution in [3.63, 3.8) is 0 Å². The Labute approximate surface area is 142 Å². The van der Waals surface area contributed by atoms with Crippen LogP contribution in [0, 0.1) is 5.82 Å². The second-order valence-corrected chi connectivity index (χ2v) is 5.66. The van der Waals surface area contributed by atoms with Gasteiger partial charge in [-0.15, -0.1) is 0 Å². The van der Waals surface area contributed by atoms with E-state index in [2.05, 4.69) is 27.6 Å². The molecule has 0 bridgehead atoms. The van der Waals surface area contributed by atoms with Crippen LogP contribution in [0.2, 0.25) is 5.02 Å². The smallest absolute Gasteiger partial charge is 0.191 e. The van der Waals surface area contributed by atoms with Crippen LogP contribution >= 0.6 is 11.6 Å². The van der Waals surface area contributed by atoms with Crippen molar-refractivity contribution in [1.82, 2.24) is 15.5 Å². The second kappa shape index (κ2) is 11.2. The summed E-state index contributed by atoms with van der Waals surface area (Å²) in [6, 6.07) is 4.68. The van der Waals surface area contributed by atoms with Gasteiger partial charge in [-0.05, 0) is 31.2 Å². The number of guanidine groups is 1. The summed E-state index contributed by atoms with van der Waals surface area (Å²) < 4.78 is 18.2. The lowest BCUT2D eigenvalue weighted by Crippen LogP contribution is -2.40. The molecule has 0 atom stereocenters. The first-order chi connectivity index (χ1) is 11.1. The summed E-state index contributed by atoms with van der Waals surface area (Å²) in [5.41, 5.74) is 0.899. The predicted octanol–water partition coefficient (Wildman–Crippen LogP) is 2.11. The zero-order valence-electron chi connectivity index (χ0n) is 14.0. The Balaban J connectivity index is 2.28. The minimum atomic E-state index is -0.408. The molecule has 0 heterocycles. The monoisotopic (exact) mass is 344 g/mol. The Morgan fingerprint density at radius 1 is 1.35 bits per heavy atom. The van der Waals surface area contributed by atoms with E-state index >= 15 is 0 Å². The Bertz CT molecular complexity index is 499. The van der Waals surface area contributed by atoms with Gasteiger partial charge in [0.05, 0.1) is 5.02 Å². The highest BCUT2D eigenvalue weighted by Gasteiger charge is 2.03.